The molecule has 3 saturated heterocycles. The second-order valence-corrected chi connectivity index (χ2v) is 6.50. The van der Waals surface area contributed by atoms with Crippen molar-refractivity contribution in [2.45, 2.75) is 0 Å². The van der Waals surface area contributed by atoms with Gasteiger partial charge in [0.15, 0.2) is 0 Å². The van der Waals surface area contributed by atoms with Gasteiger partial charge < -0.3 is 24.8 Å². The van der Waals surface area contributed by atoms with Gasteiger partial charge in [0.1, 0.15) is 18.0 Å². The van der Waals surface area contributed by atoms with Gasteiger partial charge in [0.2, 0.25) is 5.91 Å². The van der Waals surface area contributed by atoms with Gasteiger partial charge in [-0.15, -0.1) is 12.4 Å². The van der Waals surface area contributed by atoms with Crippen LogP contribution in [-0.4, -0.2) is 86.3 Å². The molecule has 0 aromatic carbocycles. The van der Waals surface area contributed by atoms with Gasteiger partial charge in [0.05, 0.1) is 19.1 Å². The molecule has 3 fully saturated rings. The summed E-state index contributed by atoms with van der Waals surface area (Å²) in [4.78, 5) is 27.6. The van der Waals surface area contributed by atoms with E-state index in [1.54, 1.807) is 6.33 Å². The van der Waals surface area contributed by atoms with Crippen LogP contribution in [0.4, 0.5) is 11.6 Å². The largest absolute Gasteiger partial charge is 0.378 e. The lowest BCUT2D eigenvalue weighted by Gasteiger charge is -2.39. The third-order valence-corrected chi connectivity index (χ3v) is 5.02. The number of halogens is 1. The second kappa shape index (κ2) is 8.16. The van der Waals surface area contributed by atoms with Gasteiger partial charge >= 0.3 is 0 Å². The maximum Gasteiger partial charge on any atom is 0.228 e. The lowest BCUT2D eigenvalue weighted by Crippen LogP contribution is -2.56. The van der Waals surface area contributed by atoms with E-state index < -0.39 is 0 Å². The zero-order valence-electron chi connectivity index (χ0n) is 14.3. The molecule has 9 heteroatoms. The summed E-state index contributed by atoms with van der Waals surface area (Å²) in [7, 11) is 0. The van der Waals surface area contributed by atoms with Crippen LogP contribution in [0.25, 0.3) is 0 Å². The lowest BCUT2D eigenvalue weighted by molar-refractivity contribution is -0.137. The Morgan fingerprint density at radius 2 is 1.60 bits per heavy atom. The van der Waals surface area contributed by atoms with Gasteiger partial charge in [-0.25, -0.2) is 9.97 Å². The number of aromatic nitrogens is 2. The molecule has 138 valence electrons. The van der Waals surface area contributed by atoms with Gasteiger partial charge in [-0.3, -0.25) is 4.79 Å². The molecule has 1 N–H and O–H groups in total. The third kappa shape index (κ3) is 3.96. The highest BCUT2D eigenvalue weighted by molar-refractivity contribution is 5.85. The smallest absolute Gasteiger partial charge is 0.228 e. The molecule has 4 rings (SSSR count). The molecule has 0 saturated carbocycles. The number of morpholine rings is 1. The molecule has 1 aromatic heterocycles. The quantitative estimate of drug-likeness (QED) is 0.778. The number of nitrogens with zero attached hydrogens (tertiary/aromatic N) is 5. The number of carbonyl (C=O) groups is 1. The molecule has 0 spiro atoms. The van der Waals surface area contributed by atoms with Crippen molar-refractivity contribution >= 4 is 29.9 Å². The Balaban J connectivity index is 0.00000182. The first kappa shape index (κ1) is 18.2. The van der Waals surface area contributed by atoms with Gasteiger partial charge in [-0.05, 0) is 0 Å². The van der Waals surface area contributed by atoms with E-state index >= 15 is 0 Å². The minimum Gasteiger partial charge on any atom is -0.378 e. The molecule has 25 heavy (non-hydrogen) atoms. The average molecular weight is 369 g/mol. The Kier molecular flexibility index (Phi) is 5.93. The molecule has 0 bridgehead atoms. The van der Waals surface area contributed by atoms with Crippen molar-refractivity contribution in [3.8, 4) is 0 Å². The number of piperazine rings is 1. The Bertz CT molecular complexity index is 586. The summed E-state index contributed by atoms with van der Waals surface area (Å²) < 4.78 is 5.40. The summed E-state index contributed by atoms with van der Waals surface area (Å²) in [6.45, 7) is 8.08. The summed E-state index contributed by atoms with van der Waals surface area (Å²) in [6, 6.07) is 2.05. The summed E-state index contributed by atoms with van der Waals surface area (Å²) in [5.41, 5.74) is 0. The minimum absolute atomic E-state index is 0. The first-order valence-corrected chi connectivity index (χ1v) is 8.70. The van der Waals surface area contributed by atoms with Crippen LogP contribution in [0.3, 0.4) is 0 Å². The Labute approximate surface area is 153 Å². The highest BCUT2D eigenvalue weighted by atomic mass is 35.5. The SMILES string of the molecule is Cl.O=C(C1CNC1)N1CCN(c2cc(N3CCOCC3)ncn2)CC1. The van der Waals surface area contributed by atoms with Crippen molar-refractivity contribution in [1.82, 2.24) is 20.2 Å². The van der Waals surface area contributed by atoms with E-state index in [1.165, 1.54) is 0 Å². The summed E-state index contributed by atoms with van der Waals surface area (Å²) >= 11 is 0. The summed E-state index contributed by atoms with van der Waals surface area (Å²) in [5, 5.41) is 3.16. The van der Waals surface area contributed by atoms with Crippen LogP contribution in [0.15, 0.2) is 12.4 Å². The Morgan fingerprint density at radius 3 is 2.16 bits per heavy atom. The van der Waals surface area contributed by atoms with E-state index in [1.807, 2.05) is 4.90 Å². The predicted octanol–water partition coefficient (Wildman–Crippen LogP) is -0.397. The van der Waals surface area contributed by atoms with Crippen LogP contribution in [0, 0.1) is 5.92 Å². The number of hydrogen-bond donors (Lipinski definition) is 1. The predicted molar refractivity (Wildman–Crippen MR) is 97.5 cm³/mol. The molecule has 0 radical (unpaired) electrons. The van der Waals surface area contributed by atoms with Gasteiger partial charge in [-0.1, -0.05) is 0 Å². The first-order chi connectivity index (χ1) is 11.8. The van der Waals surface area contributed by atoms with Crippen LogP contribution >= 0.6 is 12.4 Å². The average Bonchev–Trinajstić information content (AvgIpc) is 2.61. The van der Waals surface area contributed by atoms with Gasteiger partial charge in [-0.2, -0.15) is 0 Å². The Morgan fingerprint density at radius 1 is 1.00 bits per heavy atom. The molecular formula is C16H25ClN6O2. The maximum atomic E-state index is 12.3. The highest BCUT2D eigenvalue weighted by Crippen LogP contribution is 2.20. The van der Waals surface area contributed by atoms with Gasteiger partial charge in [0, 0.05) is 58.4 Å². The van der Waals surface area contributed by atoms with E-state index in [4.69, 9.17) is 4.74 Å². The van der Waals surface area contributed by atoms with Crippen LogP contribution in [0.5, 0.6) is 0 Å². The van der Waals surface area contributed by atoms with Crippen molar-refractivity contribution in [3.63, 3.8) is 0 Å². The minimum atomic E-state index is 0. The Hall–Kier alpha value is -1.64. The molecule has 0 aliphatic carbocycles. The van der Waals surface area contributed by atoms with Crippen LogP contribution in [-0.2, 0) is 9.53 Å². The number of anilines is 2. The topological polar surface area (TPSA) is 73.8 Å². The lowest BCUT2D eigenvalue weighted by atomic mass is 10.0. The number of carbonyl (C=O) groups excluding carboxylic acids is 1. The van der Waals surface area contributed by atoms with Crippen molar-refractivity contribution in [2.24, 2.45) is 5.92 Å². The third-order valence-electron chi connectivity index (χ3n) is 5.02. The van der Waals surface area contributed by atoms with Crippen molar-refractivity contribution in [3.05, 3.63) is 12.4 Å². The number of ether oxygens (including phenoxy) is 1. The number of rotatable bonds is 3. The maximum absolute atomic E-state index is 12.3. The van der Waals surface area contributed by atoms with Gasteiger partial charge in [0.25, 0.3) is 0 Å². The molecule has 0 unspecified atom stereocenters. The zero-order chi connectivity index (χ0) is 16.4. The zero-order valence-corrected chi connectivity index (χ0v) is 15.1. The van der Waals surface area contributed by atoms with E-state index in [-0.39, 0.29) is 18.3 Å². The molecule has 1 amide bonds. The molecule has 4 heterocycles. The fraction of sp³-hybridized carbons (Fsp3) is 0.688. The summed E-state index contributed by atoms with van der Waals surface area (Å²) in [5.74, 6) is 2.39. The number of nitrogens with one attached hydrogen (secondary N) is 1. The highest BCUT2D eigenvalue weighted by Gasteiger charge is 2.31. The number of amides is 1. The molecule has 0 atom stereocenters. The fourth-order valence-electron chi connectivity index (χ4n) is 3.35. The van der Waals surface area contributed by atoms with Crippen molar-refractivity contribution in [2.75, 3.05) is 75.4 Å². The fourth-order valence-corrected chi connectivity index (χ4v) is 3.35. The van der Waals surface area contributed by atoms with Crippen LogP contribution in [0.1, 0.15) is 0 Å². The molecule has 8 nitrogen and oxygen atoms in total. The van der Waals surface area contributed by atoms with Crippen molar-refractivity contribution < 1.29 is 9.53 Å². The van der Waals surface area contributed by atoms with Crippen LogP contribution < -0.4 is 15.1 Å². The van der Waals surface area contributed by atoms with E-state index in [0.29, 0.717) is 5.91 Å². The summed E-state index contributed by atoms with van der Waals surface area (Å²) in [6.07, 6.45) is 1.64. The second-order valence-electron chi connectivity index (χ2n) is 6.50. The molecule has 3 aliphatic rings. The van der Waals surface area contributed by atoms with Crippen LogP contribution in [0.2, 0.25) is 0 Å². The molecule has 1 aromatic rings. The number of hydrogen-bond acceptors (Lipinski definition) is 7. The van der Waals surface area contributed by atoms with E-state index in [0.717, 1.165) is 77.2 Å². The standard InChI is InChI=1S/C16H24N6O2.ClH/c23-16(13-10-17-11-13)22-3-1-20(2-4-22)14-9-15(19-12-18-14)21-5-7-24-8-6-21;/h9,12-13,17H,1-8,10-11H2;1H. The normalized spacial score (nSPS) is 21.5. The first-order valence-electron chi connectivity index (χ1n) is 8.70. The van der Waals surface area contributed by atoms with E-state index in [9.17, 15) is 4.79 Å². The monoisotopic (exact) mass is 368 g/mol. The molecular weight excluding hydrogens is 344 g/mol. The van der Waals surface area contributed by atoms with E-state index in [2.05, 4.69) is 31.2 Å². The van der Waals surface area contributed by atoms with Crippen molar-refractivity contribution in [1.29, 1.82) is 0 Å². The molecule has 3 aliphatic heterocycles.